The Kier molecular flexibility index (Phi) is 3.43. The first-order chi connectivity index (χ1) is 7.99. The van der Waals surface area contributed by atoms with E-state index in [1.807, 2.05) is 12.1 Å². The van der Waals surface area contributed by atoms with Crippen molar-refractivity contribution in [3.05, 3.63) is 29.8 Å². The summed E-state index contributed by atoms with van der Waals surface area (Å²) in [6.07, 6.45) is 3.67. The molecule has 2 nitrogen and oxygen atoms in total. The van der Waals surface area contributed by atoms with Crippen LogP contribution in [0.4, 0.5) is 0 Å². The standard InChI is InChI=1S/C15H23NO/c1-12(16-10-4-9-15(16,2)3)11-13-5-7-14(17)8-6-13/h5-8,12,17H,4,9-11H2,1-3H3. The number of phenolic OH excluding ortho intramolecular Hbond substituents is 1. The van der Waals surface area contributed by atoms with Crippen molar-refractivity contribution in [3.8, 4) is 5.75 Å². The minimum absolute atomic E-state index is 0.344. The van der Waals surface area contributed by atoms with Gasteiger partial charge in [0.05, 0.1) is 0 Å². The van der Waals surface area contributed by atoms with Crippen molar-refractivity contribution < 1.29 is 5.11 Å². The predicted octanol–water partition coefficient (Wildman–Crippen LogP) is 3.20. The van der Waals surface area contributed by atoms with Gasteiger partial charge in [-0.2, -0.15) is 0 Å². The van der Waals surface area contributed by atoms with E-state index in [2.05, 4.69) is 25.7 Å². The molecule has 0 bridgehead atoms. The molecule has 0 aliphatic carbocycles. The van der Waals surface area contributed by atoms with E-state index in [1.54, 1.807) is 12.1 Å². The van der Waals surface area contributed by atoms with E-state index in [9.17, 15) is 5.11 Å². The van der Waals surface area contributed by atoms with Crippen LogP contribution in [0.3, 0.4) is 0 Å². The van der Waals surface area contributed by atoms with Crippen LogP contribution in [-0.4, -0.2) is 28.1 Å². The van der Waals surface area contributed by atoms with Gasteiger partial charge in [-0.1, -0.05) is 12.1 Å². The quantitative estimate of drug-likeness (QED) is 0.866. The number of hydrogen-bond acceptors (Lipinski definition) is 2. The second kappa shape index (κ2) is 4.69. The number of rotatable bonds is 3. The van der Waals surface area contributed by atoms with Gasteiger partial charge in [0.25, 0.3) is 0 Å². The van der Waals surface area contributed by atoms with Crippen LogP contribution < -0.4 is 0 Å². The lowest BCUT2D eigenvalue weighted by Gasteiger charge is -2.36. The first-order valence-corrected chi connectivity index (χ1v) is 6.54. The summed E-state index contributed by atoms with van der Waals surface area (Å²) in [7, 11) is 0. The summed E-state index contributed by atoms with van der Waals surface area (Å²) in [4.78, 5) is 2.61. The molecule has 94 valence electrons. The van der Waals surface area contributed by atoms with Gasteiger partial charge >= 0.3 is 0 Å². The maximum atomic E-state index is 9.27. The third kappa shape index (κ3) is 2.81. The van der Waals surface area contributed by atoms with Gasteiger partial charge in [-0.25, -0.2) is 0 Å². The zero-order valence-corrected chi connectivity index (χ0v) is 11.1. The second-order valence-corrected chi connectivity index (χ2v) is 5.83. The number of phenols is 1. The Morgan fingerprint density at radius 3 is 2.47 bits per heavy atom. The fraction of sp³-hybridized carbons (Fsp3) is 0.600. The summed E-state index contributed by atoms with van der Waals surface area (Å²) in [5, 5.41) is 9.27. The Labute approximate surface area is 104 Å². The highest BCUT2D eigenvalue weighted by Gasteiger charge is 2.34. The SMILES string of the molecule is CC(Cc1ccc(O)cc1)N1CCCC1(C)C. The van der Waals surface area contributed by atoms with Gasteiger partial charge in [-0.15, -0.1) is 0 Å². The zero-order chi connectivity index (χ0) is 12.5. The number of nitrogens with zero attached hydrogens (tertiary/aromatic N) is 1. The molecule has 1 unspecified atom stereocenters. The summed E-state index contributed by atoms with van der Waals surface area (Å²) >= 11 is 0. The molecule has 1 aromatic carbocycles. The molecule has 1 fully saturated rings. The molecule has 0 spiro atoms. The van der Waals surface area contributed by atoms with E-state index in [1.165, 1.54) is 24.9 Å². The van der Waals surface area contributed by atoms with Gasteiger partial charge in [0.2, 0.25) is 0 Å². The van der Waals surface area contributed by atoms with Crippen molar-refractivity contribution in [2.24, 2.45) is 0 Å². The van der Waals surface area contributed by atoms with Crippen LogP contribution in [0.2, 0.25) is 0 Å². The Bertz CT molecular complexity index is 369. The highest BCUT2D eigenvalue weighted by molar-refractivity contribution is 5.26. The molecular weight excluding hydrogens is 210 g/mol. The van der Waals surface area contributed by atoms with Crippen molar-refractivity contribution in [1.82, 2.24) is 4.90 Å². The van der Waals surface area contributed by atoms with Gasteiger partial charge in [0.15, 0.2) is 0 Å². The topological polar surface area (TPSA) is 23.5 Å². The van der Waals surface area contributed by atoms with Crippen LogP contribution in [0.1, 0.15) is 39.2 Å². The fourth-order valence-electron chi connectivity index (χ4n) is 3.03. The van der Waals surface area contributed by atoms with E-state index in [-0.39, 0.29) is 0 Å². The third-order valence-corrected chi connectivity index (χ3v) is 3.96. The van der Waals surface area contributed by atoms with Crippen LogP contribution in [0.15, 0.2) is 24.3 Å². The van der Waals surface area contributed by atoms with Gasteiger partial charge in [0, 0.05) is 11.6 Å². The minimum Gasteiger partial charge on any atom is -0.508 e. The van der Waals surface area contributed by atoms with E-state index in [0.717, 1.165) is 6.42 Å². The van der Waals surface area contributed by atoms with Crippen LogP contribution >= 0.6 is 0 Å². The van der Waals surface area contributed by atoms with E-state index in [0.29, 0.717) is 17.3 Å². The lowest BCUT2D eigenvalue weighted by atomic mass is 9.98. The molecule has 1 aromatic rings. The lowest BCUT2D eigenvalue weighted by Crippen LogP contribution is -2.44. The number of likely N-dealkylation sites (tertiary alicyclic amines) is 1. The predicted molar refractivity (Wildman–Crippen MR) is 71.3 cm³/mol. The van der Waals surface area contributed by atoms with E-state index >= 15 is 0 Å². The Hall–Kier alpha value is -1.02. The summed E-state index contributed by atoms with van der Waals surface area (Å²) < 4.78 is 0. The monoisotopic (exact) mass is 233 g/mol. The van der Waals surface area contributed by atoms with Crippen molar-refractivity contribution in [2.75, 3.05) is 6.54 Å². The molecule has 17 heavy (non-hydrogen) atoms. The van der Waals surface area contributed by atoms with Crippen LogP contribution in [0.25, 0.3) is 0 Å². The number of benzene rings is 1. The minimum atomic E-state index is 0.344. The normalized spacial score (nSPS) is 21.6. The second-order valence-electron chi connectivity index (χ2n) is 5.83. The summed E-state index contributed by atoms with van der Waals surface area (Å²) in [5.41, 5.74) is 1.65. The van der Waals surface area contributed by atoms with Crippen molar-refractivity contribution in [1.29, 1.82) is 0 Å². The molecular formula is C15H23NO. The molecule has 2 rings (SSSR count). The highest BCUT2D eigenvalue weighted by atomic mass is 16.3. The Morgan fingerprint density at radius 1 is 1.29 bits per heavy atom. The van der Waals surface area contributed by atoms with Crippen LogP contribution in [0, 0.1) is 0 Å². The highest BCUT2D eigenvalue weighted by Crippen LogP contribution is 2.31. The first-order valence-electron chi connectivity index (χ1n) is 6.54. The van der Waals surface area contributed by atoms with Gasteiger partial charge in [-0.3, -0.25) is 4.90 Å². The van der Waals surface area contributed by atoms with E-state index in [4.69, 9.17) is 0 Å². The maximum Gasteiger partial charge on any atom is 0.115 e. The first kappa shape index (κ1) is 12.4. The average molecular weight is 233 g/mol. The van der Waals surface area contributed by atoms with Crippen molar-refractivity contribution in [2.45, 2.75) is 51.6 Å². The third-order valence-electron chi connectivity index (χ3n) is 3.96. The summed E-state index contributed by atoms with van der Waals surface area (Å²) in [5.74, 6) is 0.350. The smallest absolute Gasteiger partial charge is 0.115 e. The molecule has 1 aliphatic heterocycles. The van der Waals surface area contributed by atoms with E-state index < -0.39 is 0 Å². The Balaban J connectivity index is 2.01. The van der Waals surface area contributed by atoms with Gasteiger partial charge < -0.3 is 5.11 Å². The largest absolute Gasteiger partial charge is 0.508 e. The molecule has 1 N–H and O–H groups in total. The van der Waals surface area contributed by atoms with Crippen LogP contribution in [0.5, 0.6) is 5.75 Å². The number of hydrogen-bond donors (Lipinski definition) is 1. The molecule has 2 heteroatoms. The fourth-order valence-corrected chi connectivity index (χ4v) is 3.03. The molecule has 0 amide bonds. The molecule has 0 radical (unpaired) electrons. The van der Waals surface area contributed by atoms with Crippen LogP contribution in [-0.2, 0) is 6.42 Å². The average Bonchev–Trinajstić information content (AvgIpc) is 2.61. The molecule has 1 atom stereocenters. The summed E-state index contributed by atoms with van der Waals surface area (Å²) in [6, 6.07) is 8.16. The Morgan fingerprint density at radius 2 is 1.94 bits per heavy atom. The summed E-state index contributed by atoms with van der Waals surface area (Å²) in [6.45, 7) is 8.20. The van der Waals surface area contributed by atoms with Crippen molar-refractivity contribution in [3.63, 3.8) is 0 Å². The molecule has 1 aliphatic rings. The number of aromatic hydroxyl groups is 1. The van der Waals surface area contributed by atoms with Gasteiger partial charge in [0.1, 0.15) is 5.75 Å². The molecule has 1 heterocycles. The molecule has 0 saturated carbocycles. The zero-order valence-electron chi connectivity index (χ0n) is 11.1. The molecule has 0 aromatic heterocycles. The van der Waals surface area contributed by atoms with Gasteiger partial charge in [-0.05, 0) is 64.3 Å². The maximum absolute atomic E-state index is 9.27. The lowest BCUT2D eigenvalue weighted by molar-refractivity contribution is 0.124. The molecule has 1 saturated heterocycles. The van der Waals surface area contributed by atoms with Crippen molar-refractivity contribution >= 4 is 0 Å².